The summed E-state index contributed by atoms with van der Waals surface area (Å²) in [6, 6.07) is 0. The molecule has 0 heterocycles. The predicted molar refractivity (Wildman–Crippen MR) is 143 cm³/mol. The van der Waals surface area contributed by atoms with Crippen LogP contribution in [0.4, 0.5) is 0 Å². The van der Waals surface area contributed by atoms with E-state index in [1.807, 2.05) is 0 Å². The fraction of sp³-hybridized carbons (Fsp3) is 1.00. The zero-order chi connectivity index (χ0) is 21.5. The van der Waals surface area contributed by atoms with Gasteiger partial charge in [-0.3, -0.25) is 0 Å². The Kier molecular flexibility index (Phi) is 23.4. The Morgan fingerprint density at radius 2 is 0.552 bits per heavy atom. The Balaban J connectivity index is 3.64. The van der Waals surface area contributed by atoms with E-state index in [4.69, 9.17) is 0 Å². The minimum absolute atomic E-state index is 0.924. The summed E-state index contributed by atoms with van der Waals surface area (Å²) in [5.74, 6) is 0. The second kappa shape index (κ2) is 23.1. The summed E-state index contributed by atoms with van der Waals surface area (Å²) in [5.41, 5.74) is 0. The maximum absolute atomic E-state index is 2.52. The normalized spacial score (nSPS) is 12.6. The Morgan fingerprint density at radius 1 is 0.310 bits per heavy atom. The second-order valence-corrected chi connectivity index (χ2v) is 15.5. The molecular weight excluding hydrogens is 367 g/mol. The van der Waals surface area contributed by atoms with Gasteiger partial charge in [0.15, 0.2) is 0 Å². The van der Waals surface area contributed by atoms with Crippen LogP contribution >= 0.6 is 7.26 Å². The molecule has 178 valence electrons. The van der Waals surface area contributed by atoms with Crippen molar-refractivity contribution in [1.82, 2.24) is 0 Å². The number of rotatable bonds is 24. The van der Waals surface area contributed by atoms with E-state index < -0.39 is 7.26 Å². The van der Waals surface area contributed by atoms with Crippen molar-refractivity contribution < 1.29 is 0 Å². The first kappa shape index (κ1) is 29.4. The van der Waals surface area contributed by atoms with Crippen LogP contribution in [0.25, 0.3) is 0 Å². The summed E-state index contributed by atoms with van der Waals surface area (Å²) >= 11 is 0. The first-order valence-corrected chi connectivity index (χ1v) is 17.1. The van der Waals surface area contributed by atoms with E-state index in [0.29, 0.717) is 0 Å². The quantitative estimate of drug-likeness (QED) is 0.106. The molecule has 0 unspecified atom stereocenters. The van der Waals surface area contributed by atoms with Crippen LogP contribution in [-0.4, -0.2) is 24.6 Å². The molecule has 1 heteroatoms. The first-order valence-electron chi connectivity index (χ1n) is 14.2. The molecular formula is C28H61P. The first-order chi connectivity index (χ1) is 14.2. The third-order valence-corrected chi connectivity index (χ3v) is 13.4. The van der Waals surface area contributed by atoms with Crippen LogP contribution in [0.3, 0.4) is 0 Å². The zero-order valence-corrected chi connectivity index (χ0v) is 22.5. The third kappa shape index (κ3) is 18.9. The molecule has 0 spiro atoms. The molecule has 0 nitrogen and oxygen atoms in total. The molecule has 0 aliphatic heterocycles. The van der Waals surface area contributed by atoms with E-state index in [2.05, 4.69) is 27.7 Å². The van der Waals surface area contributed by atoms with E-state index in [9.17, 15) is 0 Å². The number of hydrogen-bond donors (Lipinski definition) is 0. The molecule has 0 fully saturated rings. The maximum atomic E-state index is 2.52. The zero-order valence-electron chi connectivity index (χ0n) is 21.5. The van der Waals surface area contributed by atoms with Gasteiger partial charge in [0.25, 0.3) is 0 Å². The fourth-order valence-electron chi connectivity index (χ4n) is 5.06. The molecule has 0 amide bonds. The Morgan fingerprint density at radius 3 is 0.793 bits per heavy atom. The molecule has 0 aliphatic rings. The molecule has 0 bridgehead atoms. The van der Waals surface area contributed by atoms with E-state index in [-0.39, 0.29) is 0 Å². The summed E-state index contributed by atoms with van der Waals surface area (Å²) in [6.45, 7) is 9.66. The van der Waals surface area contributed by atoms with Crippen LogP contribution in [0.15, 0.2) is 0 Å². The Hall–Kier alpha value is 0.430. The van der Waals surface area contributed by atoms with Gasteiger partial charge >= 0.3 is 188 Å². The van der Waals surface area contributed by atoms with Crippen LogP contribution in [0, 0.1) is 0 Å². The van der Waals surface area contributed by atoms with Crippen molar-refractivity contribution in [1.29, 1.82) is 0 Å². The van der Waals surface area contributed by atoms with Crippen molar-refractivity contribution in [2.24, 2.45) is 0 Å². The summed E-state index contributed by atoms with van der Waals surface area (Å²) in [7, 11) is -0.924. The van der Waals surface area contributed by atoms with Crippen molar-refractivity contribution in [2.45, 2.75) is 156 Å². The molecule has 0 aromatic rings. The van der Waals surface area contributed by atoms with Crippen molar-refractivity contribution in [2.75, 3.05) is 24.6 Å². The van der Waals surface area contributed by atoms with Gasteiger partial charge < -0.3 is 0 Å². The summed E-state index contributed by atoms with van der Waals surface area (Å²) < 4.78 is 0. The second-order valence-electron chi connectivity index (χ2n) is 10.1. The summed E-state index contributed by atoms with van der Waals surface area (Å²) in [6.07, 6.45) is 36.0. The van der Waals surface area contributed by atoms with Gasteiger partial charge in [0.1, 0.15) is 0 Å². The van der Waals surface area contributed by atoms with E-state index in [0.717, 1.165) is 0 Å². The molecule has 0 radical (unpaired) electrons. The van der Waals surface area contributed by atoms with Gasteiger partial charge in [-0.25, -0.2) is 0 Å². The van der Waals surface area contributed by atoms with Crippen LogP contribution in [0.5, 0.6) is 0 Å². The Labute approximate surface area is 188 Å². The van der Waals surface area contributed by atoms with Crippen LogP contribution < -0.4 is 0 Å². The molecule has 0 atom stereocenters. The van der Waals surface area contributed by atoms with Gasteiger partial charge in [-0.1, -0.05) is 0 Å². The molecule has 0 aliphatic carbocycles. The van der Waals surface area contributed by atoms with Gasteiger partial charge in [-0.2, -0.15) is 0 Å². The molecule has 29 heavy (non-hydrogen) atoms. The van der Waals surface area contributed by atoms with Crippen LogP contribution in [-0.2, 0) is 0 Å². The van der Waals surface area contributed by atoms with Gasteiger partial charge in [0.2, 0.25) is 0 Å². The third-order valence-electron chi connectivity index (χ3n) is 7.62. The average Bonchev–Trinajstić information content (AvgIpc) is 2.75. The fourth-order valence-corrected chi connectivity index (χ4v) is 9.22. The van der Waals surface area contributed by atoms with Crippen molar-refractivity contribution in [3.8, 4) is 0 Å². The van der Waals surface area contributed by atoms with Crippen LogP contribution in [0.1, 0.15) is 156 Å². The van der Waals surface area contributed by atoms with Crippen molar-refractivity contribution in [3.05, 3.63) is 0 Å². The number of unbranched alkanes of at least 4 members (excludes halogenated alkanes) is 18. The van der Waals surface area contributed by atoms with E-state index >= 15 is 0 Å². The molecule has 0 saturated heterocycles. The average molecular weight is 429 g/mol. The monoisotopic (exact) mass is 428 g/mol. The molecule has 0 aromatic carbocycles. The van der Waals surface area contributed by atoms with Gasteiger partial charge in [-0.15, -0.1) is 0 Å². The van der Waals surface area contributed by atoms with Gasteiger partial charge in [0.05, 0.1) is 0 Å². The molecule has 0 aromatic heterocycles. The number of hydrogen-bond acceptors (Lipinski definition) is 0. The van der Waals surface area contributed by atoms with Gasteiger partial charge in [0, 0.05) is 0 Å². The SMILES string of the molecule is CCCCCCCCCCCC[PH](CC)(CC)CCCCCCCCCCCC. The van der Waals surface area contributed by atoms with Gasteiger partial charge in [-0.05, 0) is 0 Å². The summed E-state index contributed by atoms with van der Waals surface area (Å²) in [4.78, 5) is 0. The standard InChI is InChI=1S/C28H61P/c1-5-9-11-13-15-17-19-21-23-25-27-29(7-3,8-4)28-26-24-22-20-18-16-14-12-10-6-2/h29H,5-28H2,1-4H3. The van der Waals surface area contributed by atoms with E-state index in [1.54, 1.807) is 37.5 Å². The summed E-state index contributed by atoms with van der Waals surface area (Å²) in [5, 5.41) is 0. The molecule has 0 N–H and O–H groups in total. The predicted octanol–water partition coefficient (Wildman–Crippen LogP) is 10.6. The van der Waals surface area contributed by atoms with Crippen LogP contribution in [0.2, 0.25) is 0 Å². The minimum atomic E-state index is -0.924. The van der Waals surface area contributed by atoms with Crippen molar-refractivity contribution >= 4 is 7.26 Å². The molecule has 0 saturated carbocycles. The molecule has 0 rings (SSSR count). The van der Waals surface area contributed by atoms with Crippen molar-refractivity contribution in [3.63, 3.8) is 0 Å². The van der Waals surface area contributed by atoms with E-state index in [1.165, 1.54) is 116 Å². The Bertz CT molecular complexity index is 269. The topological polar surface area (TPSA) is 0 Å².